The van der Waals surface area contributed by atoms with Gasteiger partial charge >= 0.3 is 0 Å². The van der Waals surface area contributed by atoms with E-state index in [1.165, 1.54) is 12.1 Å². The number of aryl methyl sites for hydroxylation is 1. The Labute approximate surface area is 144 Å². The van der Waals surface area contributed by atoms with Crippen molar-refractivity contribution in [3.63, 3.8) is 0 Å². The van der Waals surface area contributed by atoms with Crippen molar-refractivity contribution in [2.45, 2.75) is 6.54 Å². The van der Waals surface area contributed by atoms with Crippen LogP contribution in [0.2, 0.25) is 0 Å². The van der Waals surface area contributed by atoms with Crippen LogP contribution in [0.25, 0.3) is 11.3 Å². The van der Waals surface area contributed by atoms with Gasteiger partial charge in [0.15, 0.2) is 5.82 Å². The quantitative estimate of drug-likeness (QED) is 0.745. The van der Waals surface area contributed by atoms with E-state index >= 15 is 0 Å². The highest BCUT2D eigenvalue weighted by Crippen LogP contribution is 2.22. The normalized spacial score (nSPS) is 10.8. The highest BCUT2D eigenvalue weighted by atomic mass is 19.1. The SMILES string of the molecule is COCCn1nccc1C(=O)Nc1cc(-c2ccc(F)cc2)n(C)n1. The Balaban J connectivity index is 1.77. The van der Waals surface area contributed by atoms with E-state index in [1.807, 2.05) is 0 Å². The van der Waals surface area contributed by atoms with Crippen LogP contribution in [0.3, 0.4) is 0 Å². The molecule has 0 fully saturated rings. The first-order valence-corrected chi connectivity index (χ1v) is 7.70. The molecular formula is C17H18FN5O2. The minimum absolute atomic E-state index is 0.302. The lowest BCUT2D eigenvalue weighted by Crippen LogP contribution is -2.19. The van der Waals surface area contributed by atoms with E-state index in [9.17, 15) is 9.18 Å². The van der Waals surface area contributed by atoms with Gasteiger partial charge in [0.05, 0.1) is 18.8 Å². The van der Waals surface area contributed by atoms with E-state index in [4.69, 9.17) is 4.74 Å². The molecule has 0 spiro atoms. The van der Waals surface area contributed by atoms with Gasteiger partial charge in [-0.3, -0.25) is 14.2 Å². The molecule has 0 aliphatic rings. The molecule has 2 heterocycles. The first-order chi connectivity index (χ1) is 12.1. The van der Waals surface area contributed by atoms with Crippen LogP contribution in [0, 0.1) is 5.82 Å². The van der Waals surface area contributed by atoms with Crippen LogP contribution in [0.5, 0.6) is 0 Å². The summed E-state index contributed by atoms with van der Waals surface area (Å²) in [6.07, 6.45) is 1.56. The molecule has 25 heavy (non-hydrogen) atoms. The van der Waals surface area contributed by atoms with E-state index in [-0.39, 0.29) is 11.7 Å². The van der Waals surface area contributed by atoms with Gasteiger partial charge in [0.2, 0.25) is 0 Å². The van der Waals surface area contributed by atoms with Crippen molar-refractivity contribution >= 4 is 11.7 Å². The van der Waals surface area contributed by atoms with Gasteiger partial charge in [0.1, 0.15) is 11.5 Å². The number of halogens is 1. The Kier molecular flexibility index (Phi) is 4.90. The number of aromatic nitrogens is 4. The number of ether oxygens (including phenoxy) is 1. The maximum absolute atomic E-state index is 13.1. The number of carbonyl (C=O) groups is 1. The lowest BCUT2D eigenvalue weighted by Gasteiger charge is -2.06. The van der Waals surface area contributed by atoms with Gasteiger partial charge in [0, 0.05) is 32.0 Å². The fourth-order valence-electron chi connectivity index (χ4n) is 2.48. The fourth-order valence-corrected chi connectivity index (χ4v) is 2.48. The second kappa shape index (κ2) is 7.27. The molecule has 0 aliphatic carbocycles. The molecule has 2 aromatic heterocycles. The molecular weight excluding hydrogens is 325 g/mol. The number of methoxy groups -OCH3 is 1. The standard InChI is InChI=1S/C17H18FN5O2/c1-22-15(12-3-5-13(18)6-4-12)11-16(21-22)20-17(24)14-7-8-19-23(14)9-10-25-2/h3-8,11H,9-10H2,1-2H3,(H,20,21,24). The number of benzene rings is 1. The molecule has 0 saturated carbocycles. The van der Waals surface area contributed by atoms with Gasteiger partial charge in [-0.05, 0) is 30.3 Å². The van der Waals surface area contributed by atoms with Crippen molar-refractivity contribution in [2.24, 2.45) is 7.05 Å². The van der Waals surface area contributed by atoms with E-state index in [0.717, 1.165) is 11.3 Å². The number of nitrogens with zero attached hydrogens (tertiary/aromatic N) is 4. The first-order valence-electron chi connectivity index (χ1n) is 7.70. The predicted molar refractivity (Wildman–Crippen MR) is 90.7 cm³/mol. The van der Waals surface area contributed by atoms with Crippen molar-refractivity contribution in [1.29, 1.82) is 0 Å². The summed E-state index contributed by atoms with van der Waals surface area (Å²) in [5.74, 6) is -0.201. The van der Waals surface area contributed by atoms with Gasteiger partial charge in [-0.1, -0.05) is 0 Å². The van der Waals surface area contributed by atoms with Crippen LogP contribution in [-0.2, 0) is 18.3 Å². The molecule has 7 nitrogen and oxygen atoms in total. The summed E-state index contributed by atoms with van der Waals surface area (Å²) in [4.78, 5) is 12.4. The molecule has 130 valence electrons. The third kappa shape index (κ3) is 3.74. The van der Waals surface area contributed by atoms with Gasteiger partial charge in [-0.2, -0.15) is 10.2 Å². The molecule has 3 aromatic rings. The van der Waals surface area contributed by atoms with E-state index in [2.05, 4.69) is 15.5 Å². The molecule has 1 amide bonds. The third-order valence-electron chi connectivity index (χ3n) is 3.72. The first kappa shape index (κ1) is 16.8. The smallest absolute Gasteiger partial charge is 0.275 e. The second-order valence-corrected chi connectivity index (χ2v) is 5.43. The Bertz CT molecular complexity index is 870. The van der Waals surface area contributed by atoms with Gasteiger partial charge in [0.25, 0.3) is 5.91 Å². The van der Waals surface area contributed by atoms with Gasteiger partial charge < -0.3 is 10.1 Å². The van der Waals surface area contributed by atoms with Crippen LogP contribution in [0.1, 0.15) is 10.5 Å². The van der Waals surface area contributed by atoms with Crippen LogP contribution < -0.4 is 5.32 Å². The number of nitrogens with one attached hydrogen (secondary N) is 1. The van der Waals surface area contributed by atoms with Crippen molar-refractivity contribution in [2.75, 3.05) is 19.0 Å². The minimum atomic E-state index is -0.308. The number of rotatable bonds is 6. The molecule has 0 unspecified atom stereocenters. The summed E-state index contributed by atoms with van der Waals surface area (Å²) in [7, 11) is 3.35. The van der Waals surface area contributed by atoms with Crippen molar-refractivity contribution in [3.05, 3.63) is 54.1 Å². The fraction of sp³-hybridized carbons (Fsp3) is 0.235. The number of amides is 1. The zero-order chi connectivity index (χ0) is 17.8. The van der Waals surface area contributed by atoms with Crippen LogP contribution in [0.15, 0.2) is 42.6 Å². The van der Waals surface area contributed by atoms with Crippen molar-refractivity contribution in [1.82, 2.24) is 19.6 Å². The molecule has 1 N–H and O–H groups in total. The maximum Gasteiger partial charge on any atom is 0.275 e. The molecule has 0 aliphatic heterocycles. The Morgan fingerprint density at radius 1 is 1.28 bits per heavy atom. The van der Waals surface area contributed by atoms with Gasteiger partial charge in [-0.25, -0.2) is 4.39 Å². The summed E-state index contributed by atoms with van der Waals surface area (Å²) in [6, 6.07) is 9.47. The summed E-state index contributed by atoms with van der Waals surface area (Å²) >= 11 is 0. The average molecular weight is 343 g/mol. The second-order valence-electron chi connectivity index (χ2n) is 5.43. The number of carbonyl (C=O) groups excluding carboxylic acids is 1. The summed E-state index contributed by atoms with van der Waals surface area (Å²) < 4.78 is 21.3. The molecule has 1 aromatic carbocycles. The Morgan fingerprint density at radius 2 is 2.04 bits per heavy atom. The van der Waals surface area contributed by atoms with Crippen LogP contribution in [0.4, 0.5) is 10.2 Å². The molecule has 8 heteroatoms. The number of hydrogen-bond acceptors (Lipinski definition) is 4. The molecule has 0 saturated heterocycles. The van der Waals surface area contributed by atoms with E-state index in [1.54, 1.807) is 54.0 Å². The zero-order valence-electron chi connectivity index (χ0n) is 13.9. The third-order valence-corrected chi connectivity index (χ3v) is 3.72. The molecule has 0 radical (unpaired) electrons. The zero-order valence-corrected chi connectivity index (χ0v) is 13.9. The average Bonchev–Trinajstić information content (AvgIpc) is 3.20. The minimum Gasteiger partial charge on any atom is -0.383 e. The molecule has 3 rings (SSSR count). The van der Waals surface area contributed by atoms with Crippen LogP contribution in [-0.4, -0.2) is 39.2 Å². The maximum atomic E-state index is 13.1. The Morgan fingerprint density at radius 3 is 2.76 bits per heavy atom. The van der Waals surface area contributed by atoms with E-state index < -0.39 is 0 Å². The Hall–Kier alpha value is -3.00. The monoisotopic (exact) mass is 343 g/mol. The van der Waals surface area contributed by atoms with Crippen molar-refractivity contribution in [3.8, 4) is 11.3 Å². The van der Waals surface area contributed by atoms with Crippen molar-refractivity contribution < 1.29 is 13.9 Å². The largest absolute Gasteiger partial charge is 0.383 e. The summed E-state index contributed by atoms with van der Waals surface area (Å²) in [5, 5.41) is 11.2. The summed E-state index contributed by atoms with van der Waals surface area (Å²) in [6.45, 7) is 0.940. The highest BCUT2D eigenvalue weighted by Gasteiger charge is 2.15. The molecule has 0 bridgehead atoms. The number of anilines is 1. The van der Waals surface area contributed by atoms with Crippen LogP contribution >= 0.6 is 0 Å². The predicted octanol–water partition coefficient (Wildman–Crippen LogP) is 2.32. The molecule has 0 atom stereocenters. The topological polar surface area (TPSA) is 74.0 Å². The highest BCUT2D eigenvalue weighted by molar-refractivity contribution is 6.02. The van der Waals surface area contributed by atoms with E-state index in [0.29, 0.717) is 24.7 Å². The van der Waals surface area contributed by atoms with Gasteiger partial charge in [-0.15, -0.1) is 0 Å². The lowest BCUT2D eigenvalue weighted by molar-refractivity contribution is 0.101. The lowest BCUT2D eigenvalue weighted by atomic mass is 10.1. The number of hydrogen-bond donors (Lipinski definition) is 1. The summed E-state index contributed by atoms with van der Waals surface area (Å²) in [5.41, 5.74) is 2.00.